The van der Waals surface area contributed by atoms with Gasteiger partial charge in [0.25, 0.3) is 0 Å². The summed E-state index contributed by atoms with van der Waals surface area (Å²) in [6.07, 6.45) is 50.0. The lowest BCUT2D eigenvalue weighted by Gasteiger charge is -2.18. The summed E-state index contributed by atoms with van der Waals surface area (Å²) in [5.41, 5.74) is 0. The molecule has 0 heterocycles. The normalized spacial score (nSPS) is 12.3. The van der Waals surface area contributed by atoms with Gasteiger partial charge in [0.15, 0.2) is 6.10 Å². The quantitative estimate of drug-likeness (QED) is 0.0266. The van der Waals surface area contributed by atoms with Crippen LogP contribution in [0.3, 0.4) is 0 Å². The van der Waals surface area contributed by atoms with Crippen LogP contribution in [-0.2, 0) is 28.6 Å². The van der Waals surface area contributed by atoms with Gasteiger partial charge in [-0.05, 0) is 64.2 Å². The van der Waals surface area contributed by atoms with Crippen LogP contribution in [0.5, 0.6) is 0 Å². The van der Waals surface area contributed by atoms with E-state index in [-0.39, 0.29) is 31.1 Å². The van der Waals surface area contributed by atoms with E-state index < -0.39 is 6.10 Å². The molecule has 320 valence electrons. The van der Waals surface area contributed by atoms with E-state index in [0.717, 1.165) is 89.9 Å². The highest BCUT2D eigenvalue weighted by Gasteiger charge is 2.19. The Labute approximate surface area is 340 Å². The average molecular weight is 773 g/mol. The monoisotopic (exact) mass is 773 g/mol. The van der Waals surface area contributed by atoms with E-state index in [1.165, 1.54) is 109 Å². The molecular formula is C49H88O6. The maximum atomic E-state index is 12.7. The molecule has 0 bridgehead atoms. The van der Waals surface area contributed by atoms with Gasteiger partial charge in [0.05, 0.1) is 0 Å². The van der Waals surface area contributed by atoms with Gasteiger partial charge in [-0.25, -0.2) is 0 Å². The Kier molecular flexibility index (Phi) is 42.4. The van der Waals surface area contributed by atoms with E-state index in [1.54, 1.807) is 0 Å². The Morgan fingerprint density at radius 2 is 0.727 bits per heavy atom. The minimum absolute atomic E-state index is 0.0841. The third-order valence-electron chi connectivity index (χ3n) is 10.1. The van der Waals surface area contributed by atoms with Crippen LogP contribution in [0.2, 0.25) is 0 Å². The van der Waals surface area contributed by atoms with Crippen molar-refractivity contribution in [2.75, 3.05) is 13.2 Å². The molecule has 0 saturated carbocycles. The maximum Gasteiger partial charge on any atom is 0.306 e. The van der Waals surface area contributed by atoms with Crippen molar-refractivity contribution < 1.29 is 28.6 Å². The van der Waals surface area contributed by atoms with Gasteiger partial charge in [0.2, 0.25) is 0 Å². The molecule has 1 unspecified atom stereocenters. The molecule has 1 atom stereocenters. The Balaban J connectivity index is 4.33. The fourth-order valence-corrected chi connectivity index (χ4v) is 6.60. The first kappa shape index (κ1) is 52.6. The average Bonchev–Trinajstić information content (AvgIpc) is 3.18. The van der Waals surface area contributed by atoms with Crippen molar-refractivity contribution in [3.63, 3.8) is 0 Å². The zero-order valence-corrected chi connectivity index (χ0v) is 36.4. The maximum absolute atomic E-state index is 12.7. The van der Waals surface area contributed by atoms with Crippen LogP contribution in [0.15, 0.2) is 36.5 Å². The van der Waals surface area contributed by atoms with Crippen molar-refractivity contribution in [3.05, 3.63) is 36.5 Å². The summed E-state index contributed by atoms with van der Waals surface area (Å²) in [4.78, 5) is 37.7. The molecule has 0 fully saturated rings. The van der Waals surface area contributed by atoms with Gasteiger partial charge in [-0.15, -0.1) is 0 Å². The van der Waals surface area contributed by atoms with Gasteiger partial charge in [0, 0.05) is 19.3 Å². The van der Waals surface area contributed by atoms with E-state index in [9.17, 15) is 14.4 Å². The van der Waals surface area contributed by atoms with Gasteiger partial charge >= 0.3 is 17.9 Å². The molecule has 55 heavy (non-hydrogen) atoms. The van der Waals surface area contributed by atoms with Crippen LogP contribution in [0, 0.1) is 0 Å². The molecule has 0 aromatic carbocycles. The number of hydrogen-bond acceptors (Lipinski definition) is 6. The molecule has 0 aromatic rings. The van der Waals surface area contributed by atoms with E-state index in [2.05, 4.69) is 57.2 Å². The number of carbonyl (C=O) groups excluding carboxylic acids is 3. The number of hydrogen-bond donors (Lipinski definition) is 0. The first-order valence-electron chi connectivity index (χ1n) is 23.5. The van der Waals surface area contributed by atoms with Crippen molar-refractivity contribution in [2.24, 2.45) is 0 Å². The van der Waals surface area contributed by atoms with E-state index in [1.807, 2.05) is 0 Å². The van der Waals surface area contributed by atoms with Gasteiger partial charge in [-0.3, -0.25) is 14.4 Å². The molecule has 0 aliphatic rings. The number of esters is 3. The molecule has 6 nitrogen and oxygen atoms in total. The highest BCUT2D eigenvalue weighted by Crippen LogP contribution is 2.15. The van der Waals surface area contributed by atoms with Gasteiger partial charge < -0.3 is 14.2 Å². The zero-order valence-electron chi connectivity index (χ0n) is 36.4. The third-order valence-corrected chi connectivity index (χ3v) is 10.1. The highest BCUT2D eigenvalue weighted by molar-refractivity contribution is 5.71. The number of ether oxygens (including phenoxy) is 3. The molecule has 0 radical (unpaired) electrons. The predicted octanol–water partition coefficient (Wildman–Crippen LogP) is 15.0. The van der Waals surface area contributed by atoms with Crippen LogP contribution < -0.4 is 0 Å². The van der Waals surface area contributed by atoms with Crippen molar-refractivity contribution in [1.82, 2.24) is 0 Å². The number of rotatable bonds is 42. The van der Waals surface area contributed by atoms with Crippen molar-refractivity contribution >= 4 is 17.9 Å². The van der Waals surface area contributed by atoms with E-state index in [4.69, 9.17) is 14.2 Å². The molecule has 0 aromatic heterocycles. The van der Waals surface area contributed by atoms with Crippen LogP contribution in [0.25, 0.3) is 0 Å². The van der Waals surface area contributed by atoms with Crippen LogP contribution in [0.4, 0.5) is 0 Å². The topological polar surface area (TPSA) is 78.9 Å². The first-order chi connectivity index (χ1) is 27.0. The summed E-state index contributed by atoms with van der Waals surface area (Å²) in [6, 6.07) is 0. The second kappa shape index (κ2) is 44.3. The molecular weight excluding hydrogens is 685 g/mol. The van der Waals surface area contributed by atoms with Crippen LogP contribution >= 0.6 is 0 Å². The lowest BCUT2D eigenvalue weighted by Crippen LogP contribution is -2.30. The molecule has 0 N–H and O–H groups in total. The molecule has 0 aliphatic heterocycles. The minimum atomic E-state index is -0.784. The molecule has 6 heteroatoms. The second-order valence-electron chi connectivity index (χ2n) is 15.6. The van der Waals surface area contributed by atoms with E-state index in [0.29, 0.717) is 19.3 Å². The summed E-state index contributed by atoms with van der Waals surface area (Å²) < 4.78 is 16.7. The van der Waals surface area contributed by atoms with Crippen LogP contribution in [-0.4, -0.2) is 37.2 Å². The zero-order chi connectivity index (χ0) is 40.1. The lowest BCUT2D eigenvalue weighted by atomic mass is 10.0. The Bertz CT molecular complexity index is 938. The highest BCUT2D eigenvalue weighted by atomic mass is 16.6. The van der Waals surface area contributed by atoms with Crippen molar-refractivity contribution in [3.8, 4) is 0 Å². The summed E-state index contributed by atoms with van der Waals surface area (Å²) in [6.45, 7) is 6.46. The summed E-state index contributed by atoms with van der Waals surface area (Å²) >= 11 is 0. The van der Waals surface area contributed by atoms with Crippen LogP contribution in [0.1, 0.15) is 239 Å². The molecule has 0 saturated heterocycles. The third kappa shape index (κ3) is 42.6. The Hall–Kier alpha value is -2.37. The Morgan fingerprint density at radius 1 is 0.382 bits per heavy atom. The summed E-state index contributed by atoms with van der Waals surface area (Å²) in [7, 11) is 0. The van der Waals surface area contributed by atoms with Gasteiger partial charge in [-0.2, -0.15) is 0 Å². The fourth-order valence-electron chi connectivity index (χ4n) is 6.60. The Morgan fingerprint density at radius 3 is 1.20 bits per heavy atom. The van der Waals surface area contributed by atoms with Gasteiger partial charge in [-0.1, -0.05) is 192 Å². The van der Waals surface area contributed by atoms with Crippen molar-refractivity contribution in [1.29, 1.82) is 0 Å². The summed E-state index contributed by atoms with van der Waals surface area (Å²) in [5.74, 6) is -0.933. The lowest BCUT2D eigenvalue weighted by molar-refractivity contribution is -0.167. The number of unbranched alkanes of at least 4 members (excludes halogenated alkanes) is 25. The number of carbonyl (C=O) groups is 3. The fraction of sp³-hybridized carbons (Fsp3) is 0.816. The number of allylic oxidation sites excluding steroid dienone is 6. The molecule has 0 spiro atoms. The SMILES string of the molecule is CC/C=C\C/C=C\CCCCCCCC(=O)OC(COC(=O)CCC/C=C\CCCCCC)COC(=O)CCCCCCCCCCCCCCCCCC. The predicted molar refractivity (Wildman–Crippen MR) is 233 cm³/mol. The minimum Gasteiger partial charge on any atom is -0.462 e. The van der Waals surface area contributed by atoms with E-state index >= 15 is 0 Å². The smallest absolute Gasteiger partial charge is 0.306 e. The molecule has 0 amide bonds. The standard InChI is InChI=1S/C49H88O6/c1-4-7-10-13-16-19-21-23-24-25-26-28-30-33-36-39-42-48(51)54-45-46(44-53-47(50)41-38-35-32-29-18-15-12-9-6-3)55-49(52)43-40-37-34-31-27-22-20-17-14-11-8-5-2/h8,11,17,20,29,32,46H,4-7,9-10,12-16,18-19,21-28,30-31,33-45H2,1-3H3/b11-8-,20-17-,32-29-. The van der Waals surface area contributed by atoms with Gasteiger partial charge in [0.1, 0.15) is 13.2 Å². The molecule has 0 rings (SSSR count). The second-order valence-corrected chi connectivity index (χ2v) is 15.6. The summed E-state index contributed by atoms with van der Waals surface area (Å²) in [5, 5.41) is 0. The molecule has 0 aliphatic carbocycles. The van der Waals surface area contributed by atoms with Crippen molar-refractivity contribution in [2.45, 2.75) is 245 Å². The largest absolute Gasteiger partial charge is 0.462 e. The first-order valence-corrected chi connectivity index (χ1v) is 23.5.